The van der Waals surface area contributed by atoms with Crippen molar-refractivity contribution in [2.45, 2.75) is 51.7 Å². The van der Waals surface area contributed by atoms with Gasteiger partial charge >= 0.3 is 0 Å². The minimum Gasteiger partial charge on any atom is -0.490 e. The first kappa shape index (κ1) is 18.4. The van der Waals surface area contributed by atoms with Crippen LogP contribution in [0, 0.1) is 13.8 Å². The van der Waals surface area contributed by atoms with E-state index in [9.17, 15) is 4.79 Å². The number of likely N-dealkylation sites (tertiary alicyclic amines) is 1. The van der Waals surface area contributed by atoms with E-state index in [1.165, 1.54) is 16.9 Å². The molecule has 2 aliphatic heterocycles. The Hall–Kier alpha value is -1.92. The van der Waals surface area contributed by atoms with Crippen LogP contribution >= 0.6 is 11.3 Å². The van der Waals surface area contributed by atoms with Gasteiger partial charge in [0.2, 0.25) is 0 Å². The van der Waals surface area contributed by atoms with Crippen molar-refractivity contribution in [3.05, 3.63) is 45.4 Å². The smallest absolute Gasteiger partial charge is 0.273 e. The fourth-order valence-corrected chi connectivity index (χ4v) is 4.53. The zero-order chi connectivity index (χ0) is 18.8. The van der Waals surface area contributed by atoms with Gasteiger partial charge in [-0.25, -0.2) is 4.98 Å². The third-order valence-corrected chi connectivity index (χ3v) is 6.25. The number of aromatic nitrogens is 1. The molecule has 4 rings (SSSR count). The van der Waals surface area contributed by atoms with E-state index in [2.05, 4.69) is 37.0 Å². The van der Waals surface area contributed by atoms with Crippen molar-refractivity contribution < 1.29 is 14.3 Å². The standard InChI is InChI=1S/C21H26N2O3S/c1-14-5-6-15(2)19(12-14)26-16-7-9-23(10-8-16)21(24)17-13-27-20(22-17)18-4-3-11-25-18/h5-6,12-13,16,18H,3-4,7-11H2,1-2H3. The second-order valence-electron chi connectivity index (χ2n) is 7.45. The normalized spacial score (nSPS) is 20.8. The van der Waals surface area contributed by atoms with Gasteiger partial charge in [0.1, 0.15) is 28.7 Å². The SMILES string of the molecule is Cc1ccc(C)c(OC2CCN(C(=O)c3csc(C4CCCO4)n3)CC2)c1. The van der Waals surface area contributed by atoms with Crippen LogP contribution in [0.4, 0.5) is 0 Å². The highest BCUT2D eigenvalue weighted by molar-refractivity contribution is 7.09. The summed E-state index contributed by atoms with van der Waals surface area (Å²) in [5.41, 5.74) is 2.91. The van der Waals surface area contributed by atoms with Crippen LogP contribution in [0.2, 0.25) is 0 Å². The number of hydrogen-bond acceptors (Lipinski definition) is 5. The third kappa shape index (κ3) is 4.17. The lowest BCUT2D eigenvalue weighted by Gasteiger charge is -2.32. The van der Waals surface area contributed by atoms with Gasteiger partial charge in [0.15, 0.2) is 0 Å². The van der Waals surface area contributed by atoms with Crippen LogP contribution in [0.3, 0.4) is 0 Å². The second-order valence-corrected chi connectivity index (χ2v) is 8.34. The van der Waals surface area contributed by atoms with Crippen molar-refractivity contribution >= 4 is 17.2 Å². The predicted molar refractivity (Wildman–Crippen MR) is 106 cm³/mol. The molecule has 1 unspecified atom stereocenters. The summed E-state index contributed by atoms with van der Waals surface area (Å²) in [5.74, 6) is 0.987. The number of rotatable bonds is 4. The average molecular weight is 387 g/mol. The molecular formula is C21H26N2O3S. The number of nitrogens with zero attached hydrogens (tertiary/aromatic N) is 2. The molecule has 2 aliphatic rings. The maximum atomic E-state index is 12.8. The van der Waals surface area contributed by atoms with Crippen molar-refractivity contribution in [2.24, 2.45) is 0 Å². The molecule has 1 aromatic carbocycles. The van der Waals surface area contributed by atoms with Gasteiger partial charge in [-0.15, -0.1) is 11.3 Å². The Morgan fingerprint density at radius 2 is 2.07 bits per heavy atom. The second kappa shape index (κ2) is 7.98. The van der Waals surface area contributed by atoms with Gasteiger partial charge in [-0.05, 0) is 43.9 Å². The van der Waals surface area contributed by atoms with E-state index in [-0.39, 0.29) is 18.1 Å². The molecule has 2 fully saturated rings. The van der Waals surface area contributed by atoms with Crippen LogP contribution in [0.1, 0.15) is 58.4 Å². The Morgan fingerprint density at radius 3 is 2.81 bits per heavy atom. The molecule has 0 aliphatic carbocycles. The summed E-state index contributed by atoms with van der Waals surface area (Å²) in [6.45, 7) is 6.36. The van der Waals surface area contributed by atoms with E-state index in [0.717, 1.165) is 48.6 Å². The molecule has 0 saturated carbocycles. The summed E-state index contributed by atoms with van der Waals surface area (Å²) in [6, 6.07) is 6.29. The molecule has 27 heavy (non-hydrogen) atoms. The lowest BCUT2D eigenvalue weighted by molar-refractivity contribution is 0.0588. The molecule has 0 N–H and O–H groups in total. The van der Waals surface area contributed by atoms with E-state index < -0.39 is 0 Å². The number of aryl methyl sites for hydroxylation is 2. The summed E-state index contributed by atoms with van der Waals surface area (Å²) in [7, 11) is 0. The first-order valence-electron chi connectivity index (χ1n) is 9.70. The zero-order valence-corrected chi connectivity index (χ0v) is 16.8. The van der Waals surface area contributed by atoms with Gasteiger partial charge in [0.25, 0.3) is 5.91 Å². The maximum absolute atomic E-state index is 12.8. The fraction of sp³-hybridized carbons (Fsp3) is 0.524. The van der Waals surface area contributed by atoms with Crippen LogP contribution in [0.25, 0.3) is 0 Å². The number of amides is 1. The number of carbonyl (C=O) groups excluding carboxylic acids is 1. The van der Waals surface area contributed by atoms with Crippen molar-refractivity contribution in [1.29, 1.82) is 0 Å². The highest BCUT2D eigenvalue weighted by atomic mass is 32.1. The Morgan fingerprint density at radius 1 is 1.26 bits per heavy atom. The Labute approximate surface area is 164 Å². The van der Waals surface area contributed by atoms with Crippen LogP contribution in [-0.4, -0.2) is 41.6 Å². The third-order valence-electron chi connectivity index (χ3n) is 5.31. The highest BCUT2D eigenvalue weighted by Crippen LogP contribution is 2.31. The lowest BCUT2D eigenvalue weighted by Crippen LogP contribution is -2.42. The van der Waals surface area contributed by atoms with Crippen molar-refractivity contribution in [1.82, 2.24) is 9.88 Å². The summed E-state index contributed by atoms with van der Waals surface area (Å²) in [4.78, 5) is 19.2. The van der Waals surface area contributed by atoms with Crippen molar-refractivity contribution in [2.75, 3.05) is 19.7 Å². The minimum absolute atomic E-state index is 0.0284. The number of thiazole rings is 1. The van der Waals surface area contributed by atoms with Crippen molar-refractivity contribution in [3.63, 3.8) is 0 Å². The molecule has 1 amide bonds. The number of benzene rings is 1. The van der Waals surface area contributed by atoms with Gasteiger partial charge in [0, 0.05) is 37.9 Å². The van der Waals surface area contributed by atoms with Crippen LogP contribution in [0.15, 0.2) is 23.6 Å². The molecule has 1 aromatic heterocycles. The first-order chi connectivity index (χ1) is 13.1. The van der Waals surface area contributed by atoms with E-state index in [1.807, 2.05) is 10.3 Å². The van der Waals surface area contributed by atoms with Crippen LogP contribution in [-0.2, 0) is 4.74 Å². The molecule has 5 nitrogen and oxygen atoms in total. The minimum atomic E-state index is 0.0284. The molecule has 3 heterocycles. The Bertz CT molecular complexity index is 806. The van der Waals surface area contributed by atoms with E-state index in [0.29, 0.717) is 18.8 Å². The number of hydrogen-bond donors (Lipinski definition) is 0. The number of carbonyl (C=O) groups is 1. The van der Waals surface area contributed by atoms with Gasteiger partial charge < -0.3 is 14.4 Å². The summed E-state index contributed by atoms with van der Waals surface area (Å²) >= 11 is 1.54. The van der Waals surface area contributed by atoms with Crippen LogP contribution < -0.4 is 4.74 Å². The van der Waals surface area contributed by atoms with Gasteiger partial charge in [-0.2, -0.15) is 0 Å². The molecule has 6 heteroatoms. The van der Waals surface area contributed by atoms with E-state index in [1.54, 1.807) is 0 Å². The summed E-state index contributed by atoms with van der Waals surface area (Å²) < 4.78 is 11.9. The molecule has 0 spiro atoms. The molecule has 1 atom stereocenters. The van der Waals surface area contributed by atoms with E-state index in [4.69, 9.17) is 9.47 Å². The Kier molecular flexibility index (Phi) is 5.45. The fourth-order valence-electron chi connectivity index (χ4n) is 3.66. The maximum Gasteiger partial charge on any atom is 0.273 e. The molecule has 0 bridgehead atoms. The average Bonchev–Trinajstić information content (AvgIpc) is 3.36. The molecule has 2 aromatic rings. The number of piperidine rings is 1. The summed E-state index contributed by atoms with van der Waals surface area (Å²) in [5, 5.41) is 2.81. The number of ether oxygens (including phenoxy) is 2. The van der Waals surface area contributed by atoms with E-state index >= 15 is 0 Å². The lowest BCUT2D eigenvalue weighted by atomic mass is 10.1. The molecular weight excluding hydrogens is 360 g/mol. The predicted octanol–water partition coefficient (Wildman–Crippen LogP) is 4.30. The summed E-state index contributed by atoms with van der Waals surface area (Å²) in [6.07, 6.45) is 4.01. The van der Waals surface area contributed by atoms with Gasteiger partial charge in [-0.3, -0.25) is 4.79 Å². The van der Waals surface area contributed by atoms with Gasteiger partial charge in [0.05, 0.1) is 0 Å². The molecule has 0 radical (unpaired) electrons. The Balaban J connectivity index is 1.33. The topological polar surface area (TPSA) is 51.7 Å². The van der Waals surface area contributed by atoms with Crippen LogP contribution in [0.5, 0.6) is 5.75 Å². The zero-order valence-electron chi connectivity index (χ0n) is 15.9. The highest BCUT2D eigenvalue weighted by Gasteiger charge is 2.28. The van der Waals surface area contributed by atoms with Crippen molar-refractivity contribution in [3.8, 4) is 5.75 Å². The quantitative estimate of drug-likeness (QED) is 0.786. The largest absolute Gasteiger partial charge is 0.490 e. The van der Waals surface area contributed by atoms with Gasteiger partial charge in [-0.1, -0.05) is 12.1 Å². The molecule has 2 saturated heterocycles. The first-order valence-corrected chi connectivity index (χ1v) is 10.6. The molecule has 144 valence electrons. The monoisotopic (exact) mass is 386 g/mol.